The van der Waals surface area contributed by atoms with Gasteiger partial charge in [0.15, 0.2) is 9.84 Å². The number of ketones is 1. The van der Waals surface area contributed by atoms with E-state index in [4.69, 9.17) is 0 Å². The number of Topliss-reactive ketones (excluding diaryl/α,β-unsaturated/α-hetero) is 1. The van der Waals surface area contributed by atoms with Crippen LogP contribution in [0.3, 0.4) is 0 Å². The molecule has 70 valence electrons. The fraction of sp³-hybridized carbons (Fsp3) is 0.875. The first kappa shape index (κ1) is 9.71. The predicted octanol–water partition coefficient (Wildman–Crippen LogP) is 0.790. The molecule has 0 bridgehead atoms. The lowest BCUT2D eigenvalue weighted by Crippen LogP contribution is -2.30. The normalized spacial score (nSPS) is 28.2. The Morgan fingerprint density at radius 1 is 1.50 bits per heavy atom. The lowest BCUT2D eigenvalue weighted by atomic mass is 9.99. The molecule has 0 saturated carbocycles. The summed E-state index contributed by atoms with van der Waals surface area (Å²) < 4.78 is 22.3. The van der Waals surface area contributed by atoms with Gasteiger partial charge in [-0.15, -0.1) is 0 Å². The van der Waals surface area contributed by atoms with Crippen LogP contribution in [-0.4, -0.2) is 25.7 Å². The molecule has 1 aliphatic rings. The summed E-state index contributed by atoms with van der Waals surface area (Å²) in [6, 6.07) is 0. The molecule has 1 unspecified atom stereocenters. The maximum Gasteiger partial charge on any atom is 0.151 e. The van der Waals surface area contributed by atoms with Crippen molar-refractivity contribution < 1.29 is 13.2 Å². The second-order valence-electron chi connectivity index (χ2n) is 3.27. The second-order valence-corrected chi connectivity index (χ2v) is 5.50. The van der Waals surface area contributed by atoms with Gasteiger partial charge in [0.25, 0.3) is 0 Å². The van der Waals surface area contributed by atoms with Gasteiger partial charge in [-0.05, 0) is 12.8 Å². The van der Waals surface area contributed by atoms with E-state index in [1.54, 1.807) is 6.92 Å². The zero-order valence-electron chi connectivity index (χ0n) is 7.25. The highest BCUT2D eigenvalue weighted by molar-refractivity contribution is 7.91. The molecule has 0 aromatic rings. The highest BCUT2D eigenvalue weighted by Crippen LogP contribution is 2.19. The standard InChI is InChI=1S/C8H14O3S/c1-2-8(9)7-4-3-5-12(10,11)6-7/h7H,2-6H2,1H3. The Bertz CT molecular complexity index is 266. The molecule has 1 fully saturated rings. The zero-order valence-corrected chi connectivity index (χ0v) is 8.06. The highest BCUT2D eigenvalue weighted by Gasteiger charge is 2.28. The van der Waals surface area contributed by atoms with Crippen LogP contribution in [0.1, 0.15) is 26.2 Å². The molecule has 0 spiro atoms. The fourth-order valence-electron chi connectivity index (χ4n) is 1.57. The Morgan fingerprint density at radius 3 is 2.67 bits per heavy atom. The molecule has 0 radical (unpaired) electrons. The number of carbonyl (C=O) groups is 1. The predicted molar refractivity (Wildman–Crippen MR) is 46.7 cm³/mol. The Balaban J connectivity index is 2.64. The van der Waals surface area contributed by atoms with E-state index in [-0.39, 0.29) is 23.2 Å². The summed E-state index contributed by atoms with van der Waals surface area (Å²) in [5.41, 5.74) is 0. The van der Waals surface area contributed by atoms with Crippen LogP contribution in [0.4, 0.5) is 0 Å². The minimum Gasteiger partial charge on any atom is -0.299 e. The number of carbonyl (C=O) groups excluding carboxylic acids is 1. The van der Waals surface area contributed by atoms with Crippen molar-refractivity contribution >= 4 is 15.6 Å². The molecule has 1 heterocycles. The van der Waals surface area contributed by atoms with Gasteiger partial charge in [-0.1, -0.05) is 6.92 Å². The maximum absolute atomic E-state index is 11.2. The molecular formula is C8H14O3S. The summed E-state index contributed by atoms with van der Waals surface area (Å²) in [7, 11) is -2.91. The van der Waals surface area contributed by atoms with Crippen LogP contribution >= 0.6 is 0 Å². The van der Waals surface area contributed by atoms with E-state index >= 15 is 0 Å². The lowest BCUT2D eigenvalue weighted by molar-refractivity contribution is -0.122. The SMILES string of the molecule is CCC(=O)C1CCCS(=O)(=O)C1. The second kappa shape index (κ2) is 3.56. The average Bonchev–Trinajstić information content (AvgIpc) is 2.01. The Kier molecular flexibility index (Phi) is 2.88. The van der Waals surface area contributed by atoms with Crippen LogP contribution < -0.4 is 0 Å². The molecule has 4 heteroatoms. The molecule has 1 aliphatic heterocycles. The van der Waals surface area contributed by atoms with Crippen LogP contribution in [0.5, 0.6) is 0 Å². The van der Waals surface area contributed by atoms with E-state index in [0.29, 0.717) is 12.8 Å². The summed E-state index contributed by atoms with van der Waals surface area (Å²) in [5, 5.41) is 0. The molecule has 0 aromatic heterocycles. The summed E-state index contributed by atoms with van der Waals surface area (Å²) in [5.74, 6) is 0.229. The first-order chi connectivity index (χ1) is 5.55. The molecule has 1 atom stereocenters. The first-order valence-electron chi connectivity index (χ1n) is 4.28. The average molecular weight is 190 g/mol. The van der Waals surface area contributed by atoms with Crippen molar-refractivity contribution in [2.75, 3.05) is 11.5 Å². The van der Waals surface area contributed by atoms with Crippen molar-refractivity contribution in [3.63, 3.8) is 0 Å². The van der Waals surface area contributed by atoms with Gasteiger partial charge in [-0.25, -0.2) is 8.42 Å². The number of rotatable bonds is 2. The first-order valence-corrected chi connectivity index (χ1v) is 6.10. The minimum atomic E-state index is -2.91. The van der Waals surface area contributed by atoms with Crippen LogP contribution in [0, 0.1) is 5.92 Å². The van der Waals surface area contributed by atoms with Gasteiger partial charge in [0.1, 0.15) is 5.78 Å². The van der Waals surface area contributed by atoms with Crippen LogP contribution in [-0.2, 0) is 14.6 Å². The van der Waals surface area contributed by atoms with Crippen molar-refractivity contribution in [2.24, 2.45) is 5.92 Å². The third-order valence-electron chi connectivity index (χ3n) is 2.27. The Morgan fingerprint density at radius 2 is 2.17 bits per heavy atom. The van der Waals surface area contributed by atoms with E-state index in [0.717, 1.165) is 6.42 Å². The summed E-state index contributed by atoms with van der Waals surface area (Å²) in [6.45, 7) is 1.78. The molecule has 0 aromatic carbocycles. The Labute approximate surface area is 73.1 Å². The highest BCUT2D eigenvalue weighted by atomic mass is 32.2. The van der Waals surface area contributed by atoms with E-state index < -0.39 is 9.84 Å². The van der Waals surface area contributed by atoms with Gasteiger partial charge >= 0.3 is 0 Å². The molecule has 0 amide bonds. The molecule has 1 rings (SSSR count). The summed E-state index contributed by atoms with van der Waals surface area (Å²) >= 11 is 0. The quantitative estimate of drug-likeness (QED) is 0.647. The molecule has 12 heavy (non-hydrogen) atoms. The van der Waals surface area contributed by atoms with Gasteiger partial charge in [0, 0.05) is 12.3 Å². The van der Waals surface area contributed by atoms with E-state index in [1.165, 1.54) is 0 Å². The third-order valence-corrected chi connectivity index (χ3v) is 4.09. The Hall–Kier alpha value is -0.380. The van der Waals surface area contributed by atoms with Crippen molar-refractivity contribution in [3.8, 4) is 0 Å². The zero-order chi connectivity index (χ0) is 9.19. The topological polar surface area (TPSA) is 51.2 Å². The van der Waals surface area contributed by atoms with Crippen LogP contribution in [0.2, 0.25) is 0 Å². The van der Waals surface area contributed by atoms with Crippen molar-refractivity contribution in [1.82, 2.24) is 0 Å². The van der Waals surface area contributed by atoms with E-state index in [1.807, 2.05) is 0 Å². The van der Waals surface area contributed by atoms with Crippen molar-refractivity contribution in [2.45, 2.75) is 26.2 Å². The van der Waals surface area contributed by atoms with Gasteiger partial charge < -0.3 is 0 Å². The lowest BCUT2D eigenvalue weighted by Gasteiger charge is -2.19. The van der Waals surface area contributed by atoms with Gasteiger partial charge in [-0.2, -0.15) is 0 Å². The third kappa shape index (κ3) is 2.30. The molecule has 3 nitrogen and oxygen atoms in total. The monoisotopic (exact) mass is 190 g/mol. The minimum absolute atomic E-state index is 0.0830. The fourth-order valence-corrected chi connectivity index (χ4v) is 3.30. The van der Waals surface area contributed by atoms with Crippen LogP contribution in [0.15, 0.2) is 0 Å². The maximum atomic E-state index is 11.2. The van der Waals surface area contributed by atoms with Crippen molar-refractivity contribution in [1.29, 1.82) is 0 Å². The van der Waals surface area contributed by atoms with Crippen molar-refractivity contribution in [3.05, 3.63) is 0 Å². The van der Waals surface area contributed by atoms with E-state index in [9.17, 15) is 13.2 Å². The van der Waals surface area contributed by atoms with Gasteiger partial charge in [0.05, 0.1) is 11.5 Å². The summed E-state index contributed by atoms with van der Waals surface area (Å²) in [6.07, 6.45) is 1.87. The molecule has 1 saturated heterocycles. The molecular weight excluding hydrogens is 176 g/mol. The summed E-state index contributed by atoms with van der Waals surface area (Å²) in [4.78, 5) is 11.2. The molecule has 0 aliphatic carbocycles. The van der Waals surface area contributed by atoms with Crippen LogP contribution in [0.25, 0.3) is 0 Å². The van der Waals surface area contributed by atoms with Gasteiger partial charge in [-0.3, -0.25) is 4.79 Å². The number of hydrogen-bond acceptors (Lipinski definition) is 3. The number of hydrogen-bond donors (Lipinski definition) is 0. The number of sulfone groups is 1. The smallest absolute Gasteiger partial charge is 0.151 e. The van der Waals surface area contributed by atoms with E-state index in [2.05, 4.69) is 0 Å². The molecule has 0 N–H and O–H groups in total. The largest absolute Gasteiger partial charge is 0.299 e. The van der Waals surface area contributed by atoms with Gasteiger partial charge in [0.2, 0.25) is 0 Å².